The molecule has 166 valence electrons. The predicted octanol–water partition coefficient (Wildman–Crippen LogP) is 1.57. The van der Waals surface area contributed by atoms with Crippen LogP contribution >= 0.6 is 0 Å². The SMILES string of the molecule is CC1(c2ccc(N(C(=N)N)C(=O)OCc3ccccc3)cc2)NC(=O)N(CC(=O)O)C1=O. The molecular weight excluding hydrogens is 418 g/mol. The first-order chi connectivity index (χ1) is 15.1. The summed E-state index contributed by atoms with van der Waals surface area (Å²) >= 11 is 0. The molecule has 0 radical (unpaired) electrons. The first-order valence-electron chi connectivity index (χ1n) is 9.44. The van der Waals surface area contributed by atoms with Gasteiger partial charge in [0, 0.05) is 0 Å². The van der Waals surface area contributed by atoms with Crippen molar-refractivity contribution >= 4 is 35.6 Å². The second-order valence-electron chi connectivity index (χ2n) is 7.15. The second-order valence-corrected chi connectivity index (χ2v) is 7.15. The zero-order chi connectivity index (χ0) is 23.5. The predicted molar refractivity (Wildman–Crippen MR) is 113 cm³/mol. The molecule has 0 bridgehead atoms. The van der Waals surface area contributed by atoms with Gasteiger partial charge < -0.3 is 20.9 Å². The molecule has 0 spiro atoms. The molecule has 4 amide bonds. The smallest absolute Gasteiger partial charge is 0.421 e. The van der Waals surface area contributed by atoms with Gasteiger partial charge in [0.15, 0.2) is 0 Å². The number of amides is 4. The molecule has 32 heavy (non-hydrogen) atoms. The number of imide groups is 1. The first-order valence-corrected chi connectivity index (χ1v) is 9.44. The molecule has 1 fully saturated rings. The van der Waals surface area contributed by atoms with E-state index in [9.17, 15) is 19.2 Å². The number of anilines is 1. The third-order valence-corrected chi connectivity index (χ3v) is 4.90. The van der Waals surface area contributed by atoms with Gasteiger partial charge in [-0.25, -0.2) is 14.5 Å². The summed E-state index contributed by atoms with van der Waals surface area (Å²) in [6.07, 6.45) is -0.863. The Balaban J connectivity index is 1.78. The van der Waals surface area contributed by atoms with Gasteiger partial charge in [-0.2, -0.15) is 0 Å². The van der Waals surface area contributed by atoms with Crippen molar-refractivity contribution in [3.8, 4) is 0 Å². The fourth-order valence-electron chi connectivity index (χ4n) is 3.24. The number of benzene rings is 2. The molecule has 2 aromatic carbocycles. The van der Waals surface area contributed by atoms with E-state index < -0.39 is 42.0 Å². The third-order valence-electron chi connectivity index (χ3n) is 4.90. The highest BCUT2D eigenvalue weighted by Gasteiger charge is 2.49. The summed E-state index contributed by atoms with van der Waals surface area (Å²) in [5, 5.41) is 19.1. The molecule has 1 unspecified atom stereocenters. The fourth-order valence-corrected chi connectivity index (χ4v) is 3.24. The molecule has 0 saturated carbocycles. The Labute approximate surface area is 182 Å². The lowest BCUT2D eigenvalue weighted by Gasteiger charge is -2.24. The van der Waals surface area contributed by atoms with Gasteiger partial charge in [-0.15, -0.1) is 0 Å². The number of guanidine groups is 1. The fraction of sp³-hybridized carbons (Fsp3) is 0.190. The van der Waals surface area contributed by atoms with Crippen LogP contribution in [-0.4, -0.2) is 46.5 Å². The molecule has 11 nitrogen and oxygen atoms in total. The normalized spacial score (nSPS) is 17.6. The van der Waals surface area contributed by atoms with Gasteiger partial charge in [0.25, 0.3) is 5.91 Å². The molecule has 0 aromatic heterocycles. The Morgan fingerprint density at radius 2 is 1.78 bits per heavy atom. The van der Waals surface area contributed by atoms with Crippen molar-refractivity contribution in [3.63, 3.8) is 0 Å². The third kappa shape index (κ3) is 4.36. The summed E-state index contributed by atoms with van der Waals surface area (Å²) in [6.45, 7) is 0.671. The molecule has 1 aliphatic heterocycles. The van der Waals surface area contributed by atoms with Crippen molar-refractivity contribution in [2.24, 2.45) is 5.73 Å². The lowest BCUT2D eigenvalue weighted by atomic mass is 9.92. The molecule has 3 rings (SSSR count). The number of nitrogens with one attached hydrogen (secondary N) is 2. The van der Waals surface area contributed by atoms with Crippen LogP contribution in [0, 0.1) is 5.41 Å². The number of carboxylic acids is 1. The van der Waals surface area contributed by atoms with E-state index >= 15 is 0 Å². The van der Waals surface area contributed by atoms with Crippen LogP contribution in [0.1, 0.15) is 18.1 Å². The van der Waals surface area contributed by atoms with E-state index in [0.717, 1.165) is 10.5 Å². The number of nitrogens with zero attached hydrogens (tertiary/aromatic N) is 2. The number of hydrogen-bond donors (Lipinski definition) is 4. The maximum atomic E-state index is 12.7. The highest BCUT2D eigenvalue weighted by atomic mass is 16.6. The summed E-state index contributed by atoms with van der Waals surface area (Å²) in [4.78, 5) is 49.6. The number of rotatable bonds is 6. The van der Waals surface area contributed by atoms with Crippen LogP contribution in [0.4, 0.5) is 15.3 Å². The molecule has 1 aliphatic rings. The van der Waals surface area contributed by atoms with Crippen LogP contribution in [0.2, 0.25) is 0 Å². The highest BCUT2D eigenvalue weighted by Crippen LogP contribution is 2.30. The summed E-state index contributed by atoms with van der Waals surface area (Å²) in [7, 11) is 0. The minimum atomic E-state index is -1.49. The maximum absolute atomic E-state index is 12.7. The van der Waals surface area contributed by atoms with Crippen molar-refractivity contribution in [1.29, 1.82) is 5.41 Å². The zero-order valence-corrected chi connectivity index (χ0v) is 17.1. The molecule has 2 aromatic rings. The van der Waals surface area contributed by atoms with Crippen LogP contribution in [0.15, 0.2) is 54.6 Å². The minimum Gasteiger partial charge on any atom is -0.480 e. The lowest BCUT2D eigenvalue weighted by Crippen LogP contribution is -2.42. The van der Waals surface area contributed by atoms with Crippen molar-refractivity contribution in [2.45, 2.75) is 19.1 Å². The van der Waals surface area contributed by atoms with E-state index in [2.05, 4.69) is 5.32 Å². The zero-order valence-electron chi connectivity index (χ0n) is 17.1. The van der Waals surface area contributed by atoms with Crippen LogP contribution in [-0.2, 0) is 26.5 Å². The number of aliphatic carboxylic acids is 1. The largest absolute Gasteiger partial charge is 0.480 e. The van der Waals surface area contributed by atoms with Crippen LogP contribution in [0.3, 0.4) is 0 Å². The lowest BCUT2D eigenvalue weighted by molar-refractivity contribution is -0.142. The summed E-state index contributed by atoms with van der Waals surface area (Å²) < 4.78 is 5.23. The van der Waals surface area contributed by atoms with E-state index in [0.29, 0.717) is 10.5 Å². The number of carbonyl (C=O) groups is 4. The number of carboxylic acid groups (broad SMARTS) is 1. The summed E-state index contributed by atoms with van der Waals surface area (Å²) in [5.74, 6) is -2.61. The molecular formula is C21H21N5O6. The quantitative estimate of drug-likeness (QED) is 0.301. The molecule has 1 atom stereocenters. The standard InChI is InChI=1S/C21H21N5O6/c1-21(17(29)25(11-16(27)28)19(30)24-21)14-7-9-15(10-8-14)26(18(22)23)20(31)32-12-13-5-3-2-4-6-13/h2-10H,11-12H2,1H3,(H3,22,23)(H,24,30)(H,27,28). The first kappa shape index (κ1) is 22.3. The topological polar surface area (TPSA) is 166 Å². The molecule has 11 heteroatoms. The van der Waals surface area contributed by atoms with E-state index in [1.807, 2.05) is 6.07 Å². The van der Waals surface area contributed by atoms with E-state index in [1.54, 1.807) is 24.3 Å². The Kier molecular flexibility index (Phi) is 6.10. The van der Waals surface area contributed by atoms with Gasteiger partial charge in [-0.3, -0.25) is 19.9 Å². The van der Waals surface area contributed by atoms with Gasteiger partial charge in [0.05, 0.1) is 5.69 Å². The average molecular weight is 439 g/mol. The Bertz CT molecular complexity index is 1070. The minimum absolute atomic E-state index is 0.0143. The summed E-state index contributed by atoms with van der Waals surface area (Å²) in [5.41, 5.74) is 5.40. The Morgan fingerprint density at radius 1 is 1.16 bits per heavy atom. The highest BCUT2D eigenvalue weighted by molar-refractivity contribution is 6.12. The Hall–Kier alpha value is -4.41. The monoisotopic (exact) mass is 439 g/mol. The van der Waals surface area contributed by atoms with Crippen molar-refractivity contribution in [1.82, 2.24) is 10.2 Å². The maximum Gasteiger partial charge on any atom is 0.421 e. The van der Waals surface area contributed by atoms with E-state index in [4.69, 9.17) is 21.0 Å². The van der Waals surface area contributed by atoms with Gasteiger partial charge >= 0.3 is 18.1 Å². The number of urea groups is 1. The Morgan fingerprint density at radius 3 is 2.34 bits per heavy atom. The van der Waals surface area contributed by atoms with Gasteiger partial charge in [-0.05, 0) is 30.2 Å². The summed E-state index contributed by atoms with van der Waals surface area (Å²) in [6, 6.07) is 14.0. The van der Waals surface area contributed by atoms with Gasteiger partial charge in [-0.1, -0.05) is 42.5 Å². The van der Waals surface area contributed by atoms with Crippen molar-refractivity contribution in [2.75, 3.05) is 11.4 Å². The number of carbonyl (C=O) groups excluding carboxylic acids is 3. The second kappa shape index (κ2) is 8.76. The molecule has 0 aliphatic carbocycles. The van der Waals surface area contributed by atoms with Crippen LogP contribution < -0.4 is 16.0 Å². The molecule has 1 heterocycles. The molecule has 5 N–H and O–H groups in total. The van der Waals surface area contributed by atoms with E-state index in [1.165, 1.54) is 31.2 Å². The number of ether oxygens (including phenoxy) is 1. The van der Waals surface area contributed by atoms with Gasteiger partial charge in [0.1, 0.15) is 18.7 Å². The van der Waals surface area contributed by atoms with Crippen molar-refractivity contribution in [3.05, 3.63) is 65.7 Å². The average Bonchev–Trinajstić information content (AvgIpc) is 2.97. The van der Waals surface area contributed by atoms with Crippen molar-refractivity contribution < 1.29 is 29.0 Å². The number of hydrogen-bond acceptors (Lipinski definition) is 6. The van der Waals surface area contributed by atoms with Crippen LogP contribution in [0.5, 0.6) is 0 Å². The number of nitrogens with two attached hydrogens (primary N) is 1. The molecule has 1 saturated heterocycles. The van der Waals surface area contributed by atoms with Gasteiger partial charge in [0.2, 0.25) is 5.96 Å². The van der Waals surface area contributed by atoms with E-state index in [-0.39, 0.29) is 12.3 Å². The van der Waals surface area contributed by atoms with Crippen LogP contribution in [0.25, 0.3) is 0 Å².